The number of nitrogens with zero attached hydrogens (tertiary/aromatic N) is 2. The second-order valence-electron chi connectivity index (χ2n) is 5.18. The molecule has 0 aliphatic carbocycles. The molecule has 1 aliphatic rings. The number of nitrogens with one attached hydrogen (secondary N) is 1. The lowest BCUT2D eigenvalue weighted by molar-refractivity contribution is 0.0575. The van der Waals surface area contributed by atoms with Gasteiger partial charge in [-0.1, -0.05) is 0 Å². The van der Waals surface area contributed by atoms with E-state index in [0.717, 1.165) is 31.5 Å². The van der Waals surface area contributed by atoms with Gasteiger partial charge in [0.25, 0.3) is 5.91 Å². The van der Waals surface area contributed by atoms with E-state index in [1.165, 1.54) is 0 Å². The van der Waals surface area contributed by atoms with E-state index in [9.17, 15) is 4.79 Å². The smallest absolute Gasteiger partial charge is 0.257 e. The fourth-order valence-electron chi connectivity index (χ4n) is 2.72. The summed E-state index contributed by atoms with van der Waals surface area (Å²) in [6, 6.07) is 1.87. The normalized spacial score (nSPS) is 18.9. The van der Waals surface area contributed by atoms with Gasteiger partial charge in [0, 0.05) is 31.1 Å². The molecule has 0 saturated carbocycles. The van der Waals surface area contributed by atoms with Gasteiger partial charge in [0.05, 0.1) is 11.3 Å². The van der Waals surface area contributed by atoms with E-state index in [1.807, 2.05) is 11.8 Å². The van der Waals surface area contributed by atoms with E-state index in [0.29, 0.717) is 17.7 Å². The highest BCUT2D eigenvalue weighted by molar-refractivity contribution is 5.99. The van der Waals surface area contributed by atoms with Crippen molar-refractivity contribution < 1.29 is 9.90 Å². The quantitative estimate of drug-likeness (QED) is 0.565. The molecule has 1 unspecified atom stereocenters. The molecule has 0 aromatic carbocycles. The third-order valence-corrected chi connectivity index (χ3v) is 3.78. The number of piperidine rings is 1. The highest BCUT2D eigenvalue weighted by Crippen LogP contribution is 2.24. The van der Waals surface area contributed by atoms with Crippen molar-refractivity contribution in [3.63, 3.8) is 0 Å². The summed E-state index contributed by atoms with van der Waals surface area (Å²) >= 11 is 0. The average Bonchev–Trinajstić information content (AvgIpc) is 2.47. The Morgan fingerprint density at radius 1 is 1.60 bits per heavy atom. The Kier molecular flexibility index (Phi) is 4.92. The van der Waals surface area contributed by atoms with Crippen molar-refractivity contribution in [3.8, 4) is 0 Å². The molecule has 1 aliphatic heterocycles. The van der Waals surface area contributed by atoms with Crippen molar-refractivity contribution in [2.45, 2.75) is 38.6 Å². The van der Waals surface area contributed by atoms with E-state index >= 15 is 0 Å². The minimum Gasteiger partial charge on any atom is -0.396 e. The molecule has 6 nitrogen and oxygen atoms in total. The third-order valence-electron chi connectivity index (χ3n) is 3.78. The fourth-order valence-corrected chi connectivity index (χ4v) is 2.72. The Labute approximate surface area is 119 Å². The van der Waals surface area contributed by atoms with Crippen LogP contribution < -0.4 is 11.3 Å². The number of aliphatic hydroxyl groups excluding tert-OH is 1. The van der Waals surface area contributed by atoms with Crippen molar-refractivity contribution in [1.82, 2.24) is 9.88 Å². The Morgan fingerprint density at radius 3 is 3.10 bits per heavy atom. The number of nitrogens with two attached hydrogens (primary N) is 1. The van der Waals surface area contributed by atoms with Crippen LogP contribution in [-0.4, -0.2) is 40.1 Å². The number of hydrazine groups is 1. The summed E-state index contributed by atoms with van der Waals surface area (Å²) in [5, 5.41) is 9.14. The van der Waals surface area contributed by atoms with Crippen LogP contribution in [0.2, 0.25) is 0 Å². The van der Waals surface area contributed by atoms with Crippen molar-refractivity contribution in [2.75, 3.05) is 18.6 Å². The Morgan fingerprint density at radius 2 is 2.40 bits per heavy atom. The highest BCUT2D eigenvalue weighted by Gasteiger charge is 2.28. The Bertz CT molecular complexity index is 476. The number of aryl methyl sites for hydroxylation is 1. The fraction of sp³-hybridized carbons (Fsp3) is 0.571. The molecule has 1 fully saturated rings. The lowest BCUT2D eigenvalue weighted by Crippen LogP contribution is -2.44. The number of anilines is 1. The molecule has 1 amide bonds. The molecule has 110 valence electrons. The van der Waals surface area contributed by atoms with Crippen LogP contribution in [0.3, 0.4) is 0 Å². The number of aromatic nitrogens is 1. The van der Waals surface area contributed by atoms with Crippen LogP contribution in [0.4, 0.5) is 5.69 Å². The number of carbonyl (C=O) groups excluding carboxylic acids is 1. The van der Waals surface area contributed by atoms with Crippen LogP contribution in [-0.2, 0) is 0 Å². The van der Waals surface area contributed by atoms with Crippen molar-refractivity contribution >= 4 is 11.6 Å². The number of pyridine rings is 1. The van der Waals surface area contributed by atoms with Gasteiger partial charge in [-0.15, -0.1) is 0 Å². The van der Waals surface area contributed by atoms with Gasteiger partial charge in [-0.05, 0) is 38.7 Å². The number of hydrogen-bond donors (Lipinski definition) is 3. The second-order valence-corrected chi connectivity index (χ2v) is 5.18. The summed E-state index contributed by atoms with van der Waals surface area (Å²) in [7, 11) is 0. The van der Waals surface area contributed by atoms with E-state index in [1.54, 1.807) is 12.3 Å². The predicted molar refractivity (Wildman–Crippen MR) is 77.2 cm³/mol. The van der Waals surface area contributed by atoms with Gasteiger partial charge in [0.1, 0.15) is 0 Å². The number of aliphatic hydroxyl groups is 1. The molecule has 4 N–H and O–H groups in total. The van der Waals surface area contributed by atoms with Crippen molar-refractivity contribution in [2.24, 2.45) is 5.84 Å². The molecule has 20 heavy (non-hydrogen) atoms. The lowest BCUT2D eigenvalue weighted by atomic mass is 9.98. The summed E-state index contributed by atoms with van der Waals surface area (Å²) in [5.41, 5.74) is 4.45. The van der Waals surface area contributed by atoms with Crippen LogP contribution in [0.15, 0.2) is 12.3 Å². The van der Waals surface area contributed by atoms with Crippen LogP contribution in [0.1, 0.15) is 41.7 Å². The number of carbonyl (C=O) groups is 1. The van der Waals surface area contributed by atoms with E-state index in [4.69, 9.17) is 10.9 Å². The number of likely N-dealkylation sites (tertiary alicyclic amines) is 1. The van der Waals surface area contributed by atoms with Gasteiger partial charge in [-0.25, -0.2) is 0 Å². The molecule has 1 aromatic heterocycles. The number of amides is 1. The Balaban J connectivity index is 2.24. The summed E-state index contributed by atoms with van der Waals surface area (Å²) < 4.78 is 0. The van der Waals surface area contributed by atoms with Gasteiger partial charge in [-0.2, -0.15) is 0 Å². The summed E-state index contributed by atoms with van der Waals surface area (Å²) in [4.78, 5) is 18.7. The van der Waals surface area contributed by atoms with Crippen LogP contribution in [0.25, 0.3) is 0 Å². The average molecular weight is 278 g/mol. The number of hydrogen-bond acceptors (Lipinski definition) is 5. The standard InChI is InChI=1S/C14H22N4O2/c1-10-8-13(17-15)12(9-16-10)14(20)18-6-3-2-4-11(18)5-7-19/h8-9,11,19H,2-7,15H2,1H3,(H,16,17). The first-order valence-electron chi connectivity index (χ1n) is 7.02. The highest BCUT2D eigenvalue weighted by atomic mass is 16.3. The first-order valence-corrected chi connectivity index (χ1v) is 7.02. The van der Waals surface area contributed by atoms with Gasteiger partial charge in [0.2, 0.25) is 0 Å². The predicted octanol–water partition coefficient (Wildman–Crippen LogP) is 1.05. The number of nitrogen functional groups attached to an aromatic ring is 1. The largest absolute Gasteiger partial charge is 0.396 e. The molecular weight excluding hydrogens is 256 g/mol. The zero-order valence-electron chi connectivity index (χ0n) is 11.8. The summed E-state index contributed by atoms with van der Waals surface area (Å²) in [6.45, 7) is 2.68. The van der Waals surface area contributed by atoms with Gasteiger partial charge >= 0.3 is 0 Å². The van der Waals surface area contributed by atoms with Crippen molar-refractivity contribution in [3.05, 3.63) is 23.5 Å². The molecule has 1 atom stereocenters. The molecule has 6 heteroatoms. The molecule has 2 rings (SSSR count). The maximum absolute atomic E-state index is 12.7. The maximum Gasteiger partial charge on any atom is 0.257 e. The maximum atomic E-state index is 12.7. The van der Waals surface area contributed by atoms with Crippen LogP contribution in [0, 0.1) is 6.92 Å². The molecule has 0 bridgehead atoms. The topological polar surface area (TPSA) is 91.5 Å². The monoisotopic (exact) mass is 278 g/mol. The lowest BCUT2D eigenvalue weighted by Gasteiger charge is -2.35. The molecule has 1 aromatic rings. The molecule has 2 heterocycles. The van der Waals surface area contributed by atoms with Gasteiger partial charge in [-0.3, -0.25) is 15.6 Å². The zero-order chi connectivity index (χ0) is 14.5. The SMILES string of the molecule is Cc1cc(NN)c(C(=O)N2CCCCC2CCO)cn1. The van der Waals surface area contributed by atoms with Crippen LogP contribution >= 0.6 is 0 Å². The summed E-state index contributed by atoms with van der Waals surface area (Å²) in [5.74, 6) is 5.43. The zero-order valence-corrected chi connectivity index (χ0v) is 11.8. The van der Waals surface area contributed by atoms with E-state index in [2.05, 4.69) is 10.4 Å². The van der Waals surface area contributed by atoms with Gasteiger partial charge in [0.15, 0.2) is 0 Å². The first-order chi connectivity index (χ1) is 9.67. The summed E-state index contributed by atoms with van der Waals surface area (Å²) in [6.07, 6.45) is 5.23. The van der Waals surface area contributed by atoms with Crippen LogP contribution in [0.5, 0.6) is 0 Å². The minimum absolute atomic E-state index is 0.0661. The molecule has 0 radical (unpaired) electrons. The molecule has 1 saturated heterocycles. The third kappa shape index (κ3) is 3.08. The first kappa shape index (κ1) is 14.7. The minimum atomic E-state index is -0.0661. The van der Waals surface area contributed by atoms with E-state index < -0.39 is 0 Å². The number of rotatable bonds is 4. The second kappa shape index (κ2) is 6.67. The molecular formula is C14H22N4O2. The van der Waals surface area contributed by atoms with Crippen molar-refractivity contribution in [1.29, 1.82) is 0 Å². The molecule has 0 spiro atoms. The Hall–Kier alpha value is -1.66. The van der Waals surface area contributed by atoms with E-state index in [-0.39, 0.29) is 18.6 Å². The van der Waals surface area contributed by atoms with Gasteiger partial charge < -0.3 is 15.4 Å².